The summed E-state index contributed by atoms with van der Waals surface area (Å²) in [6.07, 6.45) is 0. The van der Waals surface area contributed by atoms with E-state index in [9.17, 15) is 18.0 Å². The zero-order valence-corrected chi connectivity index (χ0v) is 17.3. The zero-order valence-electron chi connectivity index (χ0n) is 15.6. The molecule has 0 saturated heterocycles. The summed E-state index contributed by atoms with van der Waals surface area (Å²) in [5.74, 6) is -0.965. The lowest BCUT2D eigenvalue weighted by Crippen LogP contribution is -2.15. The summed E-state index contributed by atoms with van der Waals surface area (Å²) >= 11 is 1.20. The van der Waals surface area contributed by atoms with E-state index in [-0.39, 0.29) is 10.5 Å². The van der Waals surface area contributed by atoms with Crippen molar-refractivity contribution in [3.8, 4) is 0 Å². The van der Waals surface area contributed by atoms with Crippen molar-refractivity contribution in [2.45, 2.75) is 11.8 Å². The third-order valence-electron chi connectivity index (χ3n) is 4.03. The van der Waals surface area contributed by atoms with E-state index in [2.05, 4.69) is 14.8 Å². The number of hydrogen-bond acceptors (Lipinski definition) is 6. The Hall–Kier alpha value is -3.17. The number of hydrogen-bond donors (Lipinski definition) is 2. The van der Waals surface area contributed by atoms with Crippen LogP contribution < -0.4 is 10.0 Å². The first-order valence-electron chi connectivity index (χ1n) is 8.47. The number of ether oxygens (including phenoxy) is 1. The summed E-state index contributed by atoms with van der Waals surface area (Å²) in [5.41, 5.74) is 1.87. The number of carbonyl (C=O) groups is 2. The summed E-state index contributed by atoms with van der Waals surface area (Å²) in [6.45, 7) is 1.87. The van der Waals surface area contributed by atoms with E-state index in [0.717, 1.165) is 5.56 Å². The quantitative estimate of drug-likeness (QED) is 0.578. The second-order valence-corrected chi connectivity index (χ2v) is 8.70. The van der Waals surface area contributed by atoms with Gasteiger partial charge in [-0.15, -0.1) is 11.3 Å². The van der Waals surface area contributed by atoms with Crippen LogP contribution in [-0.2, 0) is 14.8 Å². The van der Waals surface area contributed by atoms with Gasteiger partial charge in [0.05, 0.1) is 17.6 Å². The van der Waals surface area contributed by atoms with Crippen LogP contribution in [0.2, 0.25) is 0 Å². The highest BCUT2D eigenvalue weighted by Crippen LogP contribution is 2.25. The molecule has 0 unspecified atom stereocenters. The fourth-order valence-corrected chi connectivity index (χ4v) is 4.30. The molecule has 0 aliphatic carbocycles. The van der Waals surface area contributed by atoms with Crippen molar-refractivity contribution in [2.75, 3.05) is 17.1 Å². The molecule has 0 aliphatic rings. The minimum absolute atomic E-state index is 0.151. The topological polar surface area (TPSA) is 102 Å². The predicted octanol–water partition coefficient (Wildman–Crippen LogP) is 3.90. The number of aryl methyl sites for hydroxylation is 1. The Morgan fingerprint density at radius 3 is 2.24 bits per heavy atom. The Labute approximate surface area is 172 Å². The highest BCUT2D eigenvalue weighted by Gasteiger charge is 2.17. The summed E-state index contributed by atoms with van der Waals surface area (Å²) < 4.78 is 32.0. The van der Waals surface area contributed by atoms with Gasteiger partial charge < -0.3 is 10.1 Å². The number of thiophene rings is 1. The molecule has 2 aromatic carbocycles. The summed E-state index contributed by atoms with van der Waals surface area (Å²) in [6, 6.07) is 14.0. The monoisotopic (exact) mass is 430 g/mol. The molecular formula is C20H18N2O5S2. The number of nitrogens with one attached hydrogen (secondary N) is 2. The third kappa shape index (κ3) is 4.82. The standard InChI is InChI=1S/C20H18N2O5S2/c1-13-3-9-16(10-4-13)29(25,26)22-15-7-5-14(6-8-15)18(23)21-19-17(11-12-28-19)20(24)27-2/h3-12,22H,1-2H3,(H,21,23). The van der Waals surface area contributed by atoms with E-state index < -0.39 is 21.9 Å². The van der Waals surface area contributed by atoms with E-state index in [4.69, 9.17) is 0 Å². The molecule has 7 nitrogen and oxygen atoms in total. The normalized spacial score (nSPS) is 11.0. The lowest BCUT2D eigenvalue weighted by atomic mass is 10.2. The fraction of sp³-hybridized carbons (Fsp3) is 0.100. The summed E-state index contributed by atoms with van der Waals surface area (Å²) in [4.78, 5) is 24.3. The molecule has 1 amide bonds. The average molecular weight is 431 g/mol. The van der Waals surface area contributed by atoms with Crippen molar-refractivity contribution in [2.24, 2.45) is 0 Å². The van der Waals surface area contributed by atoms with Gasteiger partial charge in [-0.05, 0) is 54.8 Å². The van der Waals surface area contributed by atoms with E-state index in [1.807, 2.05) is 6.92 Å². The van der Waals surface area contributed by atoms with Crippen molar-refractivity contribution < 1.29 is 22.7 Å². The molecule has 29 heavy (non-hydrogen) atoms. The predicted molar refractivity (Wildman–Crippen MR) is 112 cm³/mol. The maximum Gasteiger partial charge on any atom is 0.340 e. The van der Waals surface area contributed by atoms with Gasteiger partial charge in [-0.2, -0.15) is 0 Å². The van der Waals surface area contributed by atoms with Gasteiger partial charge in [0.25, 0.3) is 15.9 Å². The lowest BCUT2D eigenvalue weighted by Gasteiger charge is -2.09. The summed E-state index contributed by atoms with van der Waals surface area (Å²) in [5, 5.41) is 4.71. The van der Waals surface area contributed by atoms with E-state index in [1.165, 1.54) is 54.8 Å². The minimum Gasteiger partial charge on any atom is -0.465 e. The van der Waals surface area contributed by atoms with Gasteiger partial charge in [0.2, 0.25) is 0 Å². The number of benzene rings is 2. The SMILES string of the molecule is COC(=O)c1ccsc1NC(=O)c1ccc(NS(=O)(=O)c2ccc(C)cc2)cc1. The second kappa shape index (κ2) is 8.46. The number of amides is 1. The van der Waals surface area contributed by atoms with Crippen LogP contribution >= 0.6 is 11.3 Å². The molecule has 0 atom stereocenters. The van der Waals surface area contributed by atoms with Gasteiger partial charge in [-0.1, -0.05) is 17.7 Å². The van der Waals surface area contributed by atoms with Crippen LogP contribution in [0, 0.1) is 6.92 Å². The van der Waals surface area contributed by atoms with Crippen LogP contribution in [0.5, 0.6) is 0 Å². The lowest BCUT2D eigenvalue weighted by molar-refractivity contribution is 0.0602. The minimum atomic E-state index is -3.72. The molecule has 1 aromatic heterocycles. The highest BCUT2D eigenvalue weighted by atomic mass is 32.2. The largest absolute Gasteiger partial charge is 0.465 e. The number of rotatable bonds is 6. The molecule has 3 aromatic rings. The van der Waals surface area contributed by atoms with Gasteiger partial charge in [-0.25, -0.2) is 13.2 Å². The molecule has 0 radical (unpaired) electrons. The van der Waals surface area contributed by atoms with Crippen LogP contribution in [0.25, 0.3) is 0 Å². The molecule has 3 rings (SSSR count). The Kier molecular flexibility index (Phi) is 6.00. The van der Waals surface area contributed by atoms with Crippen molar-refractivity contribution in [1.82, 2.24) is 0 Å². The van der Waals surface area contributed by atoms with E-state index in [1.54, 1.807) is 23.6 Å². The van der Waals surface area contributed by atoms with Gasteiger partial charge in [0.15, 0.2) is 0 Å². The number of carbonyl (C=O) groups excluding carboxylic acids is 2. The Morgan fingerprint density at radius 2 is 1.62 bits per heavy atom. The van der Waals surface area contributed by atoms with Crippen LogP contribution in [0.3, 0.4) is 0 Å². The van der Waals surface area contributed by atoms with E-state index in [0.29, 0.717) is 16.3 Å². The molecule has 150 valence electrons. The first-order chi connectivity index (χ1) is 13.8. The molecule has 0 spiro atoms. The molecule has 0 saturated carbocycles. The number of esters is 1. The van der Waals surface area contributed by atoms with Crippen molar-refractivity contribution in [1.29, 1.82) is 0 Å². The van der Waals surface area contributed by atoms with Crippen LogP contribution in [0.4, 0.5) is 10.7 Å². The molecule has 0 fully saturated rings. The smallest absolute Gasteiger partial charge is 0.340 e. The fourth-order valence-electron chi connectivity index (χ4n) is 2.47. The highest BCUT2D eigenvalue weighted by molar-refractivity contribution is 7.92. The van der Waals surface area contributed by atoms with Crippen molar-refractivity contribution in [3.63, 3.8) is 0 Å². The van der Waals surface area contributed by atoms with Gasteiger partial charge in [0.1, 0.15) is 5.00 Å². The number of sulfonamides is 1. The maximum atomic E-state index is 12.4. The molecular weight excluding hydrogens is 412 g/mol. The number of methoxy groups -OCH3 is 1. The first kappa shape index (κ1) is 20.6. The Bertz CT molecular complexity index is 1130. The van der Waals surface area contributed by atoms with Crippen molar-refractivity contribution in [3.05, 3.63) is 76.7 Å². The van der Waals surface area contributed by atoms with Gasteiger partial charge in [0, 0.05) is 11.3 Å². The summed E-state index contributed by atoms with van der Waals surface area (Å²) in [7, 11) is -2.46. The van der Waals surface area contributed by atoms with E-state index >= 15 is 0 Å². The second-order valence-electron chi connectivity index (χ2n) is 6.11. The van der Waals surface area contributed by atoms with Crippen LogP contribution in [0.15, 0.2) is 64.9 Å². The molecule has 1 heterocycles. The number of anilines is 2. The molecule has 0 bridgehead atoms. The first-order valence-corrected chi connectivity index (χ1v) is 10.8. The molecule has 2 N–H and O–H groups in total. The van der Waals surface area contributed by atoms with Gasteiger partial charge >= 0.3 is 5.97 Å². The maximum absolute atomic E-state index is 12.4. The zero-order chi connectivity index (χ0) is 21.0. The van der Waals surface area contributed by atoms with Crippen LogP contribution in [-0.4, -0.2) is 27.4 Å². The van der Waals surface area contributed by atoms with Crippen LogP contribution in [0.1, 0.15) is 26.3 Å². The Balaban J connectivity index is 1.71. The Morgan fingerprint density at radius 1 is 0.966 bits per heavy atom. The van der Waals surface area contributed by atoms with Crippen molar-refractivity contribution >= 4 is 43.9 Å². The molecule has 0 aliphatic heterocycles. The third-order valence-corrected chi connectivity index (χ3v) is 6.26. The average Bonchev–Trinajstić information content (AvgIpc) is 3.16. The molecule has 9 heteroatoms. The van der Waals surface area contributed by atoms with Gasteiger partial charge in [-0.3, -0.25) is 9.52 Å².